The Morgan fingerprint density at radius 3 is 2.61 bits per heavy atom. The Kier molecular flexibility index (Phi) is 4.65. The minimum Gasteiger partial charge on any atom is -0.398 e. The van der Waals surface area contributed by atoms with E-state index in [1.54, 1.807) is 0 Å². The van der Waals surface area contributed by atoms with Crippen LogP contribution in [-0.4, -0.2) is 18.3 Å². The van der Waals surface area contributed by atoms with Crippen LogP contribution in [-0.2, 0) is 16.1 Å². The molecule has 1 fully saturated rings. The number of hydrogen-bond acceptors (Lipinski definition) is 3. The van der Waals surface area contributed by atoms with E-state index in [1.165, 1.54) is 0 Å². The first-order valence-corrected chi connectivity index (χ1v) is 7.15. The summed E-state index contributed by atoms with van der Waals surface area (Å²) < 4.78 is 12.7. The van der Waals surface area contributed by atoms with Gasteiger partial charge in [0.2, 0.25) is 0 Å². The lowest BCUT2D eigenvalue weighted by Crippen LogP contribution is -2.34. The maximum absolute atomic E-state index is 5.98. The monoisotopic (exact) mass is 313 g/mol. The zero-order chi connectivity index (χ0) is 13.1. The predicted molar refractivity (Wildman–Crippen MR) is 76.4 cm³/mol. The molecular formula is C14H20BrNO2. The van der Waals surface area contributed by atoms with Crippen LogP contribution in [0.4, 0.5) is 5.69 Å². The van der Waals surface area contributed by atoms with Gasteiger partial charge >= 0.3 is 0 Å². The Morgan fingerprint density at radius 1 is 1.33 bits per heavy atom. The molecule has 0 aliphatic carbocycles. The number of ether oxygens (including phenoxy) is 2. The number of anilines is 1. The van der Waals surface area contributed by atoms with Crippen molar-refractivity contribution in [2.24, 2.45) is 0 Å². The Bertz CT molecular complexity index is 381. The molecule has 1 aliphatic heterocycles. The third kappa shape index (κ3) is 3.46. The Hall–Kier alpha value is -0.580. The molecule has 2 rings (SSSR count). The molecule has 1 aromatic carbocycles. The topological polar surface area (TPSA) is 44.5 Å². The van der Waals surface area contributed by atoms with Gasteiger partial charge in [-0.25, -0.2) is 0 Å². The van der Waals surface area contributed by atoms with Gasteiger partial charge in [-0.2, -0.15) is 0 Å². The fourth-order valence-corrected chi connectivity index (χ4v) is 2.91. The Labute approximate surface area is 117 Å². The van der Waals surface area contributed by atoms with Gasteiger partial charge in [0.05, 0.1) is 24.9 Å². The zero-order valence-corrected chi connectivity index (χ0v) is 12.4. The lowest BCUT2D eigenvalue weighted by Gasteiger charge is -2.32. The first kappa shape index (κ1) is 13.8. The van der Waals surface area contributed by atoms with Gasteiger partial charge in [0.15, 0.2) is 0 Å². The van der Waals surface area contributed by atoms with Crippen molar-refractivity contribution >= 4 is 21.6 Å². The van der Waals surface area contributed by atoms with Crippen molar-refractivity contribution in [2.75, 3.05) is 5.73 Å². The smallest absolute Gasteiger partial charge is 0.0751 e. The minimum absolute atomic E-state index is 0.259. The van der Waals surface area contributed by atoms with E-state index in [2.05, 4.69) is 29.8 Å². The van der Waals surface area contributed by atoms with E-state index >= 15 is 0 Å². The summed E-state index contributed by atoms with van der Waals surface area (Å²) in [6.07, 6.45) is 2.71. The van der Waals surface area contributed by atoms with Crippen molar-refractivity contribution in [1.82, 2.24) is 0 Å². The maximum atomic E-state index is 5.98. The molecule has 4 heteroatoms. The summed E-state index contributed by atoms with van der Waals surface area (Å²) in [4.78, 5) is 0. The summed E-state index contributed by atoms with van der Waals surface area (Å²) in [7, 11) is 0. The molecule has 18 heavy (non-hydrogen) atoms. The van der Waals surface area contributed by atoms with Crippen molar-refractivity contribution in [2.45, 2.75) is 51.6 Å². The van der Waals surface area contributed by atoms with Gasteiger partial charge in [-0.3, -0.25) is 0 Å². The molecule has 0 radical (unpaired) electrons. The Balaban J connectivity index is 1.95. The zero-order valence-electron chi connectivity index (χ0n) is 10.9. The highest BCUT2D eigenvalue weighted by Gasteiger charge is 2.25. The molecule has 100 valence electrons. The van der Waals surface area contributed by atoms with E-state index in [9.17, 15) is 0 Å². The van der Waals surface area contributed by atoms with Crippen LogP contribution in [0.5, 0.6) is 0 Å². The van der Waals surface area contributed by atoms with Crippen molar-refractivity contribution in [3.05, 3.63) is 28.2 Å². The van der Waals surface area contributed by atoms with Crippen LogP contribution in [0.3, 0.4) is 0 Å². The third-order valence-electron chi connectivity index (χ3n) is 3.27. The van der Waals surface area contributed by atoms with Gasteiger partial charge in [-0.1, -0.05) is 22.0 Å². The number of rotatable bonds is 3. The van der Waals surface area contributed by atoms with Crippen LogP contribution in [0, 0.1) is 0 Å². The lowest BCUT2D eigenvalue weighted by molar-refractivity contribution is -0.106. The molecule has 1 aromatic rings. The number of nitrogens with two attached hydrogens (primary N) is 1. The lowest BCUT2D eigenvalue weighted by atomic mass is 10.0. The van der Waals surface area contributed by atoms with E-state index in [4.69, 9.17) is 15.2 Å². The van der Waals surface area contributed by atoms with Gasteiger partial charge in [0.1, 0.15) is 0 Å². The van der Waals surface area contributed by atoms with Crippen molar-refractivity contribution < 1.29 is 9.47 Å². The third-order valence-corrected chi connectivity index (χ3v) is 4.02. The standard InChI is InChI=1S/C14H20BrNO2/c1-9-6-11(7-10(2)18-9)17-8-12-13(15)4-3-5-14(12)16/h3-5,9-11H,6-8,16H2,1-2H3. The first-order valence-electron chi connectivity index (χ1n) is 6.36. The fourth-order valence-electron chi connectivity index (χ4n) is 2.41. The highest BCUT2D eigenvalue weighted by Crippen LogP contribution is 2.27. The highest BCUT2D eigenvalue weighted by molar-refractivity contribution is 9.10. The second kappa shape index (κ2) is 6.04. The Morgan fingerprint density at radius 2 is 2.00 bits per heavy atom. The van der Waals surface area contributed by atoms with Crippen LogP contribution < -0.4 is 5.73 Å². The van der Waals surface area contributed by atoms with Crippen LogP contribution in [0.1, 0.15) is 32.3 Å². The number of hydrogen-bond donors (Lipinski definition) is 1. The molecule has 3 nitrogen and oxygen atoms in total. The molecule has 0 aromatic heterocycles. The normalized spacial score (nSPS) is 28.3. The predicted octanol–water partition coefficient (Wildman–Crippen LogP) is 3.50. The van der Waals surface area contributed by atoms with Crippen LogP contribution >= 0.6 is 15.9 Å². The van der Waals surface area contributed by atoms with Gasteiger partial charge < -0.3 is 15.2 Å². The number of nitrogen functional groups attached to an aromatic ring is 1. The quantitative estimate of drug-likeness (QED) is 0.869. The fraction of sp³-hybridized carbons (Fsp3) is 0.571. The molecule has 2 N–H and O–H groups in total. The van der Waals surface area contributed by atoms with Crippen molar-refractivity contribution in [3.8, 4) is 0 Å². The largest absolute Gasteiger partial charge is 0.398 e. The molecule has 0 amide bonds. The molecule has 2 unspecified atom stereocenters. The summed E-state index contributed by atoms with van der Waals surface area (Å²) in [6, 6.07) is 5.82. The van der Waals surface area contributed by atoms with Gasteiger partial charge in [-0.15, -0.1) is 0 Å². The molecule has 0 saturated carbocycles. The number of halogens is 1. The van der Waals surface area contributed by atoms with E-state index in [1.807, 2.05) is 18.2 Å². The van der Waals surface area contributed by atoms with E-state index < -0.39 is 0 Å². The summed E-state index contributed by atoms with van der Waals surface area (Å²) in [5.74, 6) is 0. The molecule has 0 spiro atoms. The summed E-state index contributed by atoms with van der Waals surface area (Å²) >= 11 is 3.51. The molecule has 1 heterocycles. The highest BCUT2D eigenvalue weighted by atomic mass is 79.9. The van der Waals surface area contributed by atoms with Crippen LogP contribution in [0.25, 0.3) is 0 Å². The molecule has 1 aliphatic rings. The van der Waals surface area contributed by atoms with E-state index in [0.717, 1.165) is 28.6 Å². The van der Waals surface area contributed by atoms with Gasteiger partial charge in [0, 0.05) is 15.7 Å². The van der Waals surface area contributed by atoms with Crippen molar-refractivity contribution in [3.63, 3.8) is 0 Å². The SMILES string of the molecule is CC1CC(OCc2c(N)cccc2Br)CC(C)O1. The second-order valence-corrected chi connectivity index (χ2v) is 5.82. The first-order chi connectivity index (χ1) is 8.56. The summed E-state index contributed by atoms with van der Waals surface area (Å²) in [6.45, 7) is 4.75. The van der Waals surface area contributed by atoms with E-state index in [-0.39, 0.29) is 18.3 Å². The summed E-state index contributed by atoms with van der Waals surface area (Å²) in [5, 5.41) is 0. The molecule has 1 saturated heterocycles. The van der Waals surface area contributed by atoms with Gasteiger partial charge in [-0.05, 0) is 38.8 Å². The minimum atomic E-state index is 0.259. The van der Waals surface area contributed by atoms with Crippen LogP contribution in [0.15, 0.2) is 22.7 Å². The summed E-state index contributed by atoms with van der Waals surface area (Å²) in [5.41, 5.74) is 7.76. The van der Waals surface area contributed by atoms with Crippen molar-refractivity contribution in [1.29, 1.82) is 0 Å². The average Bonchev–Trinajstić information content (AvgIpc) is 2.27. The molecule has 0 bridgehead atoms. The maximum Gasteiger partial charge on any atom is 0.0751 e. The van der Waals surface area contributed by atoms with Crippen LogP contribution in [0.2, 0.25) is 0 Å². The molecular weight excluding hydrogens is 294 g/mol. The van der Waals surface area contributed by atoms with E-state index in [0.29, 0.717) is 6.61 Å². The molecule has 2 atom stereocenters. The average molecular weight is 314 g/mol. The second-order valence-electron chi connectivity index (χ2n) is 4.97. The number of benzene rings is 1. The van der Waals surface area contributed by atoms with Gasteiger partial charge in [0.25, 0.3) is 0 Å².